The largest absolute Gasteiger partial charge is 0.393 e. The Morgan fingerprint density at radius 3 is 2.62 bits per heavy atom. The van der Waals surface area contributed by atoms with Crippen LogP contribution in [0.25, 0.3) is 0 Å². The van der Waals surface area contributed by atoms with E-state index >= 15 is 0 Å². The van der Waals surface area contributed by atoms with Gasteiger partial charge >= 0.3 is 0 Å². The van der Waals surface area contributed by atoms with Gasteiger partial charge in [0.25, 0.3) is 0 Å². The van der Waals surface area contributed by atoms with Gasteiger partial charge in [-0.05, 0) is 13.8 Å². The number of hydrogen-bond donors (Lipinski definition) is 0. The Morgan fingerprint density at radius 1 is 1.62 bits per heavy atom. The second-order valence-electron chi connectivity index (χ2n) is 1.54. The molecule has 0 aliphatic heterocycles. The highest BCUT2D eigenvalue weighted by Gasteiger charge is 1.84. The summed E-state index contributed by atoms with van der Waals surface area (Å²) in [6, 6.07) is 0. The van der Waals surface area contributed by atoms with Gasteiger partial charge < -0.3 is 4.84 Å². The minimum absolute atomic E-state index is 0.0474. The number of oxime groups is 1. The number of rotatable bonds is 3. The van der Waals surface area contributed by atoms with Crippen molar-refractivity contribution in [2.24, 2.45) is 5.16 Å². The lowest BCUT2D eigenvalue weighted by Crippen LogP contribution is -1.95. The molecule has 0 saturated carbocycles. The Bertz CT molecular complexity index is 88.4. The van der Waals surface area contributed by atoms with Crippen molar-refractivity contribution in [1.82, 2.24) is 0 Å². The summed E-state index contributed by atoms with van der Waals surface area (Å²) < 4.78 is 0. The van der Waals surface area contributed by atoms with E-state index in [0.717, 1.165) is 6.21 Å². The normalized spacial score (nSPS) is 10.4. The summed E-state index contributed by atoms with van der Waals surface area (Å²) in [7, 11) is 0. The van der Waals surface area contributed by atoms with Gasteiger partial charge in [-0.15, -0.1) is 0 Å². The third-order valence-corrected chi connectivity index (χ3v) is 0.393. The monoisotopic (exact) mass is 115 g/mol. The Balaban J connectivity index is 3.15. The van der Waals surface area contributed by atoms with E-state index in [0.29, 0.717) is 6.29 Å². The van der Waals surface area contributed by atoms with Gasteiger partial charge in [0, 0.05) is 0 Å². The van der Waals surface area contributed by atoms with E-state index in [1.165, 1.54) is 0 Å². The average molecular weight is 115 g/mol. The van der Waals surface area contributed by atoms with E-state index < -0.39 is 0 Å². The Hall–Kier alpha value is -0.860. The second-order valence-corrected chi connectivity index (χ2v) is 1.54. The fourth-order valence-electron chi connectivity index (χ4n) is 0.182. The van der Waals surface area contributed by atoms with E-state index in [1.54, 1.807) is 0 Å². The Kier molecular flexibility index (Phi) is 3.84. The molecule has 8 heavy (non-hydrogen) atoms. The Labute approximate surface area is 48.3 Å². The predicted molar refractivity (Wildman–Crippen MR) is 30.8 cm³/mol. The predicted octanol–water partition coefficient (Wildman–Crippen LogP) is 0.596. The van der Waals surface area contributed by atoms with Crippen LogP contribution in [-0.4, -0.2) is 18.6 Å². The topological polar surface area (TPSA) is 38.7 Å². The molecule has 3 nitrogen and oxygen atoms in total. The molecule has 0 heterocycles. The third-order valence-electron chi connectivity index (χ3n) is 0.393. The molecule has 46 valence electrons. The zero-order valence-electron chi connectivity index (χ0n) is 5.00. The molecule has 0 N–H and O–H groups in total. The number of carbonyl (C=O) groups excluding carboxylic acids is 1. The molecule has 0 aromatic rings. The molecule has 0 aromatic heterocycles. The fourth-order valence-corrected chi connectivity index (χ4v) is 0.182. The highest BCUT2D eigenvalue weighted by Crippen LogP contribution is 1.84. The van der Waals surface area contributed by atoms with Gasteiger partial charge in [0.05, 0.1) is 0 Å². The van der Waals surface area contributed by atoms with Crippen molar-refractivity contribution in [1.29, 1.82) is 0 Å². The maximum Gasteiger partial charge on any atom is 0.164 e. The molecular formula is C5H9NO2. The lowest BCUT2D eigenvalue weighted by atomic mass is 10.5. The van der Waals surface area contributed by atoms with E-state index in [4.69, 9.17) is 0 Å². The van der Waals surface area contributed by atoms with Crippen LogP contribution in [0.2, 0.25) is 0 Å². The van der Waals surface area contributed by atoms with Gasteiger partial charge in [-0.2, -0.15) is 0 Å². The van der Waals surface area contributed by atoms with Crippen LogP contribution in [0.3, 0.4) is 0 Å². The summed E-state index contributed by atoms with van der Waals surface area (Å²) in [5.41, 5.74) is 0. The van der Waals surface area contributed by atoms with Crippen molar-refractivity contribution in [3.63, 3.8) is 0 Å². The van der Waals surface area contributed by atoms with Crippen molar-refractivity contribution in [3.05, 3.63) is 0 Å². The molecule has 0 fully saturated rings. The van der Waals surface area contributed by atoms with Gasteiger partial charge in [0.15, 0.2) is 6.29 Å². The van der Waals surface area contributed by atoms with Crippen molar-refractivity contribution >= 4 is 12.5 Å². The summed E-state index contributed by atoms with van der Waals surface area (Å²) in [6.07, 6.45) is 1.69. The third kappa shape index (κ3) is 5.14. The molecule has 0 aromatic carbocycles. The van der Waals surface area contributed by atoms with E-state index in [2.05, 4.69) is 9.99 Å². The van der Waals surface area contributed by atoms with Crippen LogP contribution in [0.15, 0.2) is 5.16 Å². The molecule has 0 saturated heterocycles. The molecule has 0 atom stereocenters. The summed E-state index contributed by atoms with van der Waals surface area (Å²) in [4.78, 5) is 14.2. The van der Waals surface area contributed by atoms with Gasteiger partial charge in [-0.25, -0.2) is 0 Å². The lowest BCUT2D eigenvalue weighted by molar-refractivity contribution is -0.102. The zero-order chi connectivity index (χ0) is 6.41. The molecule has 3 heteroatoms. The van der Waals surface area contributed by atoms with Crippen LogP contribution in [0, 0.1) is 0 Å². The van der Waals surface area contributed by atoms with Crippen LogP contribution in [-0.2, 0) is 9.63 Å². The van der Waals surface area contributed by atoms with Crippen molar-refractivity contribution in [3.8, 4) is 0 Å². The molecule has 0 radical (unpaired) electrons. The van der Waals surface area contributed by atoms with Gasteiger partial charge in [0.2, 0.25) is 0 Å². The molecule has 0 spiro atoms. The van der Waals surface area contributed by atoms with Crippen LogP contribution in [0.4, 0.5) is 0 Å². The van der Waals surface area contributed by atoms with Crippen molar-refractivity contribution in [2.75, 3.05) is 0 Å². The molecular weight excluding hydrogens is 106 g/mol. The quantitative estimate of drug-likeness (QED) is 0.307. The van der Waals surface area contributed by atoms with E-state index in [-0.39, 0.29) is 6.10 Å². The van der Waals surface area contributed by atoms with Gasteiger partial charge in [-0.3, -0.25) is 4.79 Å². The first kappa shape index (κ1) is 7.14. The number of carbonyl (C=O) groups is 1. The number of aldehydes is 1. The highest BCUT2D eigenvalue weighted by molar-refractivity contribution is 6.12. The molecule has 0 aliphatic carbocycles. The highest BCUT2D eigenvalue weighted by atomic mass is 16.6. The minimum Gasteiger partial charge on any atom is -0.393 e. The molecule has 0 unspecified atom stereocenters. The summed E-state index contributed by atoms with van der Waals surface area (Å²) in [6.45, 7) is 3.67. The van der Waals surface area contributed by atoms with Crippen LogP contribution < -0.4 is 0 Å². The fraction of sp³-hybridized carbons (Fsp3) is 0.600. The molecule has 0 amide bonds. The first-order chi connectivity index (χ1) is 3.77. The second kappa shape index (κ2) is 4.30. The van der Waals surface area contributed by atoms with Gasteiger partial charge in [-0.1, -0.05) is 5.16 Å². The maximum atomic E-state index is 9.56. The summed E-state index contributed by atoms with van der Waals surface area (Å²) in [5, 5.41) is 3.30. The molecule has 0 aliphatic rings. The van der Waals surface area contributed by atoms with Crippen LogP contribution in [0.1, 0.15) is 13.8 Å². The maximum absolute atomic E-state index is 9.56. The van der Waals surface area contributed by atoms with E-state index in [1.807, 2.05) is 13.8 Å². The molecule has 0 bridgehead atoms. The summed E-state index contributed by atoms with van der Waals surface area (Å²) in [5.74, 6) is 0. The van der Waals surface area contributed by atoms with Gasteiger partial charge in [0.1, 0.15) is 12.3 Å². The first-order valence-corrected chi connectivity index (χ1v) is 2.40. The van der Waals surface area contributed by atoms with E-state index in [9.17, 15) is 4.79 Å². The summed E-state index contributed by atoms with van der Waals surface area (Å²) >= 11 is 0. The number of nitrogens with zero attached hydrogens (tertiary/aromatic N) is 1. The Morgan fingerprint density at radius 2 is 2.25 bits per heavy atom. The zero-order valence-corrected chi connectivity index (χ0v) is 5.00. The first-order valence-electron chi connectivity index (χ1n) is 2.40. The standard InChI is InChI=1S/C5H9NO2/c1-5(2)8-6-3-4-7/h3-5H,1-2H3/b6-3-. The SMILES string of the molecule is CC(C)O/N=C\C=O. The van der Waals surface area contributed by atoms with Crippen molar-refractivity contribution < 1.29 is 9.63 Å². The average Bonchev–Trinajstić information content (AvgIpc) is 1.66. The smallest absolute Gasteiger partial charge is 0.164 e. The lowest BCUT2D eigenvalue weighted by Gasteiger charge is -1.97. The van der Waals surface area contributed by atoms with Crippen LogP contribution >= 0.6 is 0 Å². The molecule has 0 rings (SSSR count). The number of hydrogen-bond acceptors (Lipinski definition) is 3. The van der Waals surface area contributed by atoms with Crippen LogP contribution in [0.5, 0.6) is 0 Å². The van der Waals surface area contributed by atoms with Crippen molar-refractivity contribution in [2.45, 2.75) is 20.0 Å². The minimum atomic E-state index is 0.0474.